The molecule has 1 unspecified atom stereocenters. The smallest absolute Gasteiger partial charge is 0.240 e. The highest BCUT2D eigenvalue weighted by atomic mass is 16.2. The Labute approximate surface area is 169 Å². The van der Waals surface area contributed by atoms with Gasteiger partial charge in [-0.3, -0.25) is 9.59 Å². The zero-order valence-corrected chi connectivity index (χ0v) is 17.4. The van der Waals surface area contributed by atoms with Gasteiger partial charge in [0.2, 0.25) is 11.8 Å². The van der Waals surface area contributed by atoms with Gasteiger partial charge in [-0.05, 0) is 58.3 Å². The summed E-state index contributed by atoms with van der Waals surface area (Å²) in [5.41, 5.74) is 6.71. The molecule has 2 rings (SSSR count). The topological polar surface area (TPSA) is 87.5 Å². The SMILES string of the molecule is CN(C)CCCNC(=O)CCC(Cc1ccccc1)NC(=O)C1(N)CCCC1. The zero-order chi connectivity index (χ0) is 20.4. The predicted molar refractivity (Wildman–Crippen MR) is 113 cm³/mol. The quantitative estimate of drug-likeness (QED) is 0.505. The Morgan fingerprint density at radius 3 is 2.50 bits per heavy atom. The molecule has 1 atom stereocenters. The van der Waals surface area contributed by atoms with Crippen LogP contribution < -0.4 is 16.4 Å². The minimum Gasteiger partial charge on any atom is -0.356 e. The molecular weight excluding hydrogens is 352 g/mol. The molecule has 0 bridgehead atoms. The zero-order valence-electron chi connectivity index (χ0n) is 17.4. The fourth-order valence-electron chi connectivity index (χ4n) is 3.70. The van der Waals surface area contributed by atoms with Crippen LogP contribution in [0.1, 0.15) is 50.5 Å². The molecule has 6 heteroatoms. The molecule has 1 fully saturated rings. The molecule has 1 aromatic carbocycles. The van der Waals surface area contributed by atoms with E-state index in [-0.39, 0.29) is 17.9 Å². The maximum Gasteiger partial charge on any atom is 0.240 e. The Hall–Kier alpha value is -1.92. The lowest BCUT2D eigenvalue weighted by Gasteiger charge is -2.27. The van der Waals surface area contributed by atoms with Crippen LogP contribution in [0.5, 0.6) is 0 Å². The fourth-order valence-corrected chi connectivity index (χ4v) is 3.70. The summed E-state index contributed by atoms with van der Waals surface area (Å²) >= 11 is 0. The van der Waals surface area contributed by atoms with Gasteiger partial charge in [0.15, 0.2) is 0 Å². The Morgan fingerprint density at radius 2 is 1.86 bits per heavy atom. The van der Waals surface area contributed by atoms with E-state index in [1.807, 2.05) is 44.4 Å². The van der Waals surface area contributed by atoms with Crippen molar-refractivity contribution in [3.05, 3.63) is 35.9 Å². The summed E-state index contributed by atoms with van der Waals surface area (Å²) in [5, 5.41) is 6.11. The minimum atomic E-state index is -0.747. The summed E-state index contributed by atoms with van der Waals surface area (Å²) in [6.45, 7) is 1.63. The van der Waals surface area contributed by atoms with E-state index < -0.39 is 5.54 Å². The molecule has 0 radical (unpaired) electrons. The maximum absolute atomic E-state index is 12.7. The average molecular weight is 389 g/mol. The summed E-state index contributed by atoms with van der Waals surface area (Å²) in [6, 6.07) is 9.97. The first kappa shape index (κ1) is 22.4. The molecule has 4 N–H and O–H groups in total. The van der Waals surface area contributed by atoms with Crippen LogP contribution in [-0.2, 0) is 16.0 Å². The number of hydrogen-bond acceptors (Lipinski definition) is 4. The third kappa shape index (κ3) is 7.60. The van der Waals surface area contributed by atoms with Crippen molar-refractivity contribution in [2.24, 2.45) is 5.73 Å². The summed E-state index contributed by atoms with van der Waals surface area (Å²) in [4.78, 5) is 27.0. The van der Waals surface area contributed by atoms with Gasteiger partial charge in [0.25, 0.3) is 0 Å². The van der Waals surface area contributed by atoms with Crippen LogP contribution in [0.25, 0.3) is 0 Å². The third-order valence-corrected chi connectivity index (χ3v) is 5.43. The molecule has 156 valence electrons. The molecular formula is C22H36N4O2. The van der Waals surface area contributed by atoms with Gasteiger partial charge in [0.1, 0.15) is 0 Å². The predicted octanol–water partition coefficient (Wildman–Crippen LogP) is 1.83. The van der Waals surface area contributed by atoms with Crippen LogP contribution in [0.15, 0.2) is 30.3 Å². The lowest BCUT2D eigenvalue weighted by molar-refractivity contribution is -0.127. The number of carbonyl (C=O) groups excluding carboxylic acids is 2. The van der Waals surface area contributed by atoms with Crippen molar-refractivity contribution in [3.8, 4) is 0 Å². The van der Waals surface area contributed by atoms with Gasteiger partial charge in [-0.15, -0.1) is 0 Å². The van der Waals surface area contributed by atoms with E-state index in [0.29, 0.717) is 25.8 Å². The number of nitrogens with one attached hydrogen (secondary N) is 2. The van der Waals surface area contributed by atoms with E-state index in [4.69, 9.17) is 5.73 Å². The summed E-state index contributed by atoms with van der Waals surface area (Å²) in [7, 11) is 4.04. The minimum absolute atomic E-state index is 0.0365. The normalized spacial score (nSPS) is 16.7. The standard InChI is InChI=1S/C22H36N4O2/c1-26(2)16-8-15-24-20(27)12-11-19(17-18-9-4-3-5-10-18)25-21(28)22(23)13-6-7-14-22/h3-5,9-10,19H,6-8,11-17,23H2,1-2H3,(H,24,27)(H,25,28). The highest BCUT2D eigenvalue weighted by Gasteiger charge is 2.37. The van der Waals surface area contributed by atoms with Gasteiger partial charge < -0.3 is 21.3 Å². The number of carbonyl (C=O) groups is 2. The van der Waals surface area contributed by atoms with Crippen molar-refractivity contribution in [3.63, 3.8) is 0 Å². The summed E-state index contributed by atoms with van der Waals surface area (Å²) in [6.07, 6.45) is 6.13. The van der Waals surface area contributed by atoms with Crippen molar-refractivity contribution >= 4 is 11.8 Å². The second-order valence-corrected chi connectivity index (χ2v) is 8.27. The highest BCUT2D eigenvalue weighted by molar-refractivity contribution is 5.86. The molecule has 1 aromatic rings. The van der Waals surface area contributed by atoms with Crippen molar-refractivity contribution in [2.45, 2.75) is 62.9 Å². The molecule has 0 aliphatic heterocycles. The van der Waals surface area contributed by atoms with E-state index in [1.165, 1.54) is 0 Å². The van der Waals surface area contributed by atoms with Gasteiger partial charge in [-0.2, -0.15) is 0 Å². The summed E-state index contributed by atoms with van der Waals surface area (Å²) < 4.78 is 0. The van der Waals surface area contributed by atoms with Crippen LogP contribution in [0.2, 0.25) is 0 Å². The van der Waals surface area contributed by atoms with E-state index in [0.717, 1.165) is 44.2 Å². The molecule has 0 heterocycles. The number of nitrogens with zero attached hydrogens (tertiary/aromatic N) is 1. The van der Waals surface area contributed by atoms with Crippen molar-refractivity contribution < 1.29 is 9.59 Å². The first-order valence-electron chi connectivity index (χ1n) is 10.4. The van der Waals surface area contributed by atoms with Gasteiger partial charge in [-0.25, -0.2) is 0 Å². The monoisotopic (exact) mass is 388 g/mol. The lowest BCUT2D eigenvalue weighted by atomic mass is 9.95. The van der Waals surface area contributed by atoms with E-state index in [9.17, 15) is 9.59 Å². The second kappa shape index (κ2) is 11.2. The van der Waals surface area contributed by atoms with Crippen molar-refractivity contribution in [1.29, 1.82) is 0 Å². The van der Waals surface area contributed by atoms with Crippen LogP contribution in [0, 0.1) is 0 Å². The molecule has 2 amide bonds. The number of hydrogen-bond donors (Lipinski definition) is 3. The Morgan fingerprint density at radius 1 is 1.18 bits per heavy atom. The van der Waals surface area contributed by atoms with Crippen LogP contribution in [-0.4, -0.2) is 55.5 Å². The van der Waals surface area contributed by atoms with E-state index in [1.54, 1.807) is 0 Å². The van der Waals surface area contributed by atoms with Crippen LogP contribution >= 0.6 is 0 Å². The molecule has 1 aliphatic carbocycles. The van der Waals surface area contributed by atoms with Crippen LogP contribution in [0.3, 0.4) is 0 Å². The molecule has 28 heavy (non-hydrogen) atoms. The first-order valence-corrected chi connectivity index (χ1v) is 10.4. The first-order chi connectivity index (χ1) is 13.4. The van der Waals surface area contributed by atoms with Gasteiger partial charge in [0.05, 0.1) is 5.54 Å². The lowest BCUT2D eigenvalue weighted by Crippen LogP contribution is -2.55. The second-order valence-electron chi connectivity index (χ2n) is 8.27. The summed E-state index contributed by atoms with van der Waals surface area (Å²) in [5.74, 6) is -0.0354. The number of amides is 2. The Bertz CT molecular complexity index is 612. The molecule has 6 nitrogen and oxygen atoms in total. The fraction of sp³-hybridized carbons (Fsp3) is 0.636. The number of rotatable bonds is 11. The van der Waals surface area contributed by atoms with Crippen molar-refractivity contribution in [2.75, 3.05) is 27.2 Å². The van der Waals surface area contributed by atoms with Gasteiger partial charge >= 0.3 is 0 Å². The molecule has 1 aliphatic rings. The molecule has 0 aromatic heterocycles. The number of nitrogens with two attached hydrogens (primary N) is 1. The average Bonchev–Trinajstić information content (AvgIpc) is 3.12. The molecule has 0 saturated heterocycles. The van der Waals surface area contributed by atoms with E-state index >= 15 is 0 Å². The molecule has 1 saturated carbocycles. The highest BCUT2D eigenvalue weighted by Crippen LogP contribution is 2.27. The third-order valence-electron chi connectivity index (χ3n) is 5.43. The molecule has 0 spiro atoms. The Kier molecular flexibility index (Phi) is 8.93. The Balaban J connectivity index is 1.87. The van der Waals surface area contributed by atoms with Gasteiger partial charge in [-0.1, -0.05) is 43.2 Å². The maximum atomic E-state index is 12.7. The number of benzene rings is 1. The van der Waals surface area contributed by atoms with Gasteiger partial charge in [0, 0.05) is 19.0 Å². The van der Waals surface area contributed by atoms with E-state index in [2.05, 4.69) is 15.5 Å². The van der Waals surface area contributed by atoms with Crippen LogP contribution in [0.4, 0.5) is 0 Å². The largest absolute Gasteiger partial charge is 0.356 e. The van der Waals surface area contributed by atoms with Crippen molar-refractivity contribution in [1.82, 2.24) is 15.5 Å².